The fourth-order valence-corrected chi connectivity index (χ4v) is 2.72. The molecule has 2 aliphatic rings. The second-order valence-electron chi connectivity index (χ2n) is 5.55. The Bertz CT molecular complexity index is 521. The number of rotatable bonds is 4. The molecule has 0 spiro atoms. The molecule has 0 saturated carbocycles. The minimum atomic E-state index is -0.821. The summed E-state index contributed by atoms with van der Waals surface area (Å²) < 4.78 is 0. The van der Waals surface area contributed by atoms with E-state index in [1.807, 2.05) is 6.92 Å². The largest absolute Gasteiger partial charge is 0.392 e. The van der Waals surface area contributed by atoms with E-state index in [2.05, 4.69) is 15.4 Å². The number of nitrogens with two attached hydrogens (primary N) is 2. The Balaban J connectivity index is 2.53. The first-order chi connectivity index (χ1) is 9.30. The molecule has 0 fully saturated rings. The molecule has 0 saturated heterocycles. The van der Waals surface area contributed by atoms with Gasteiger partial charge in [-0.1, -0.05) is 6.08 Å². The zero-order valence-corrected chi connectivity index (χ0v) is 11.9. The van der Waals surface area contributed by atoms with Crippen molar-refractivity contribution in [3.05, 3.63) is 23.4 Å². The molecule has 5 unspecified atom stereocenters. The minimum absolute atomic E-state index is 0.583. The van der Waals surface area contributed by atoms with Crippen molar-refractivity contribution in [1.82, 2.24) is 0 Å². The molecule has 0 aromatic heterocycles. The lowest BCUT2D eigenvalue weighted by Gasteiger charge is -2.43. The summed E-state index contributed by atoms with van der Waals surface area (Å²) in [7, 11) is 0. The maximum Gasteiger partial charge on any atom is 0.112 e. The van der Waals surface area contributed by atoms with Crippen LogP contribution in [0.25, 0.3) is 0 Å². The topological polar surface area (TPSA) is 130 Å². The quantitative estimate of drug-likeness (QED) is 0.579. The Morgan fingerprint density at radius 2 is 1.80 bits per heavy atom. The third-order valence-corrected chi connectivity index (χ3v) is 4.12. The van der Waals surface area contributed by atoms with Gasteiger partial charge in [0.1, 0.15) is 11.4 Å². The van der Waals surface area contributed by atoms with Gasteiger partial charge in [0.2, 0.25) is 0 Å². The predicted octanol–water partition coefficient (Wildman–Crippen LogP) is 0.0546. The highest BCUT2D eigenvalue weighted by Crippen LogP contribution is 2.42. The molecule has 1 aliphatic carbocycles. The Morgan fingerprint density at radius 3 is 2.35 bits per heavy atom. The normalized spacial score (nSPS) is 30.9. The summed E-state index contributed by atoms with van der Waals surface area (Å²) >= 11 is 0. The van der Waals surface area contributed by atoms with Gasteiger partial charge in [-0.05, 0) is 37.6 Å². The van der Waals surface area contributed by atoms with Gasteiger partial charge < -0.3 is 21.7 Å². The summed E-state index contributed by atoms with van der Waals surface area (Å²) in [5, 5.41) is 31.3. The molecule has 2 rings (SSSR count). The Labute approximate surface area is 117 Å². The monoisotopic (exact) mass is 279 g/mol. The van der Waals surface area contributed by atoms with Gasteiger partial charge >= 0.3 is 0 Å². The van der Waals surface area contributed by atoms with Crippen molar-refractivity contribution in [3.8, 4) is 0 Å². The first kappa shape index (κ1) is 15.0. The molecule has 6 N–H and O–H groups in total. The van der Waals surface area contributed by atoms with Gasteiger partial charge in [0.25, 0.3) is 0 Å². The second-order valence-corrected chi connectivity index (χ2v) is 5.55. The van der Waals surface area contributed by atoms with Gasteiger partial charge in [0.15, 0.2) is 0 Å². The standard InChI is InChI=1S/C13H21N5O2/c1-6(19)10(14)8-4-5-9-12(17-18-16-9)13(8,3)11(15)7(2)20/h4-7,10-11,19-20H,14-15H2,1-3H3. The number of fused-ring (bicyclic) bond motifs is 1. The number of allylic oxidation sites excluding steroid dienone is 3. The maximum atomic E-state index is 9.91. The van der Waals surface area contributed by atoms with Crippen LogP contribution in [0.1, 0.15) is 20.8 Å². The minimum Gasteiger partial charge on any atom is -0.392 e. The summed E-state index contributed by atoms with van der Waals surface area (Å²) in [6, 6.07) is -1.24. The van der Waals surface area contributed by atoms with Crippen LogP contribution in [0.15, 0.2) is 38.9 Å². The van der Waals surface area contributed by atoms with E-state index in [9.17, 15) is 10.2 Å². The lowest BCUT2D eigenvalue weighted by atomic mass is 9.65. The molecule has 0 aromatic rings. The van der Waals surface area contributed by atoms with Crippen molar-refractivity contribution in [3.63, 3.8) is 0 Å². The molecular formula is C13H21N5O2. The van der Waals surface area contributed by atoms with Crippen LogP contribution in [0.5, 0.6) is 0 Å². The molecule has 7 nitrogen and oxygen atoms in total. The highest BCUT2D eigenvalue weighted by Gasteiger charge is 2.48. The number of hydrogen-bond acceptors (Lipinski definition) is 7. The van der Waals surface area contributed by atoms with Crippen LogP contribution in [0.3, 0.4) is 0 Å². The third kappa shape index (κ3) is 2.12. The third-order valence-electron chi connectivity index (χ3n) is 4.12. The van der Waals surface area contributed by atoms with Gasteiger partial charge in [-0.25, -0.2) is 0 Å². The van der Waals surface area contributed by atoms with Crippen LogP contribution in [0, 0.1) is 5.41 Å². The summed E-state index contributed by atoms with van der Waals surface area (Å²) in [6.45, 7) is 5.08. The van der Waals surface area contributed by atoms with Crippen LogP contribution in [0.2, 0.25) is 0 Å². The van der Waals surface area contributed by atoms with Gasteiger partial charge in [0.05, 0.1) is 23.7 Å². The Hall–Kier alpha value is -1.41. The highest BCUT2D eigenvalue weighted by atomic mass is 16.3. The maximum absolute atomic E-state index is 9.91. The average molecular weight is 279 g/mol. The first-order valence-electron chi connectivity index (χ1n) is 6.59. The molecular weight excluding hydrogens is 258 g/mol. The molecule has 110 valence electrons. The highest BCUT2D eigenvalue weighted by molar-refractivity contribution is 6.08. The summed E-state index contributed by atoms with van der Waals surface area (Å²) in [4.78, 5) is 0. The number of aliphatic hydroxyl groups excluding tert-OH is 2. The van der Waals surface area contributed by atoms with Gasteiger partial charge in [-0.2, -0.15) is 0 Å². The van der Waals surface area contributed by atoms with E-state index < -0.39 is 29.7 Å². The second kappa shape index (κ2) is 5.17. The molecule has 1 heterocycles. The number of aliphatic hydroxyl groups is 2. The van der Waals surface area contributed by atoms with Crippen LogP contribution in [-0.2, 0) is 0 Å². The van der Waals surface area contributed by atoms with E-state index >= 15 is 0 Å². The fraction of sp³-hybridized carbons (Fsp3) is 0.615. The predicted molar refractivity (Wildman–Crippen MR) is 75.9 cm³/mol. The number of hydrogen-bond donors (Lipinski definition) is 4. The molecule has 0 aromatic carbocycles. The first-order valence-corrected chi connectivity index (χ1v) is 6.59. The van der Waals surface area contributed by atoms with Crippen LogP contribution in [0.4, 0.5) is 0 Å². The Kier molecular flexibility index (Phi) is 3.88. The van der Waals surface area contributed by atoms with Crippen molar-refractivity contribution in [2.24, 2.45) is 32.3 Å². The van der Waals surface area contributed by atoms with E-state index in [1.165, 1.54) is 0 Å². The van der Waals surface area contributed by atoms with Crippen LogP contribution < -0.4 is 11.5 Å². The van der Waals surface area contributed by atoms with Crippen molar-refractivity contribution in [2.75, 3.05) is 0 Å². The molecule has 5 atom stereocenters. The van der Waals surface area contributed by atoms with Crippen molar-refractivity contribution >= 4 is 5.71 Å². The van der Waals surface area contributed by atoms with Gasteiger partial charge in [-0.3, -0.25) is 0 Å². The number of nitrogens with zero attached hydrogens (tertiary/aromatic N) is 3. The molecule has 1 aliphatic heterocycles. The van der Waals surface area contributed by atoms with Crippen LogP contribution >= 0.6 is 0 Å². The summed E-state index contributed by atoms with van der Waals surface area (Å²) in [5.41, 5.74) is 13.4. The zero-order valence-electron chi connectivity index (χ0n) is 11.9. The molecule has 7 heteroatoms. The van der Waals surface area contributed by atoms with Gasteiger partial charge in [0, 0.05) is 6.04 Å². The van der Waals surface area contributed by atoms with E-state index in [4.69, 9.17) is 11.5 Å². The smallest absolute Gasteiger partial charge is 0.112 e. The van der Waals surface area contributed by atoms with E-state index in [0.717, 1.165) is 5.57 Å². The summed E-state index contributed by atoms with van der Waals surface area (Å²) in [6.07, 6.45) is 2.03. The summed E-state index contributed by atoms with van der Waals surface area (Å²) in [5.74, 6) is 0. The van der Waals surface area contributed by atoms with Crippen molar-refractivity contribution < 1.29 is 10.2 Å². The van der Waals surface area contributed by atoms with Crippen molar-refractivity contribution in [2.45, 2.75) is 45.1 Å². The van der Waals surface area contributed by atoms with Crippen molar-refractivity contribution in [1.29, 1.82) is 0 Å². The SMILES string of the molecule is CC(O)C(N)C1=CC=C2N=NN=C2C1(C)C(N)C(C)O. The molecule has 0 bridgehead atoms. The van der Waals surface area contributed by atoms with E-state index in [0.29, 0.717) is 11.4 Å². The molecule has 20 heavy (non-hydrogen) atoms. The van der Waals surface area contributed by atoms with E-state index in [1.54, 1.807) is 26.0 Å². The molecule has 0 radical (unpaired) electrons. The Morgan fingerprint density at radius 1 is 1.15 bits per heavy atom. The van der Waals surface area contributed by atoms with Crippen LogP contribution in [-0.4, -0.2) is 40.2 Å². The lowest BCUT2D eigenvalue weighted by molar-refractivity contribution is 0.120. The van der Waals surface area contributed by atoms with Gasteiger partial charge in [-0.15, -0.1) is 10.2 Å². The molecule has 0 amide bonds. The fourth-order valence-electron chi connectivity index (χ4n) is 2.72. The zero-order chi connectivity index (χ0) is 15.1. The average Bonchev–Trinajstić information content (AvgIpc) is 2.86. The van der Waals surface area contributed by atoms with E-state index in [-0.39, 0.29) is 0 Å². The lowest BCUT2D eigenvalue weighted by Crippen LogP contribution is -2.57.